The molecule has 0 bridgehead atoms. The summed E-state index contributed by atoms with van der Waals surface area (Å²) in [6.07, 6.45) is 0. The number of hydrogen-bond acceptors (Lipinski definition) is 6. The van der Waals surface area contributed by atoms with Crippen molar-refractivity contribution >= 4 is 41.1 Å². The lowest BCUT2D eigenvalue weighted by molar-refractivity contribution is -0.149. The number of carbonyl (C=O) groups excluding carboxylic acids is 2. The van der Waals surface area contributed by atoms with Gasteiger partial charge in [0.15, 0.2) is 13.2 Å². The molecule has 0 spiro atoms. The topological polar surface area (TPSA) is 64.6 Å². The molecule has 1 amide bonds. The monoisotopic (exact) mass is 407 g/mol. The highest BCUT2D eigenvalue weighted by molar-refractivity contribution is 8.19. The minimum atomic E-state index is -0.634. The van der Waals surface area contributed by atoms with E-state index < -0.39 is 24.3 Å². The normalized spacial score (nSPS) is 14.0. The summed E-state index contributed by atoms with van der Waals surface area (Å²) in [5.74, 6) is 1.30. The van der Waals surface area contributed by atoms with Gasteiger partial charge in [-0.3, -0.25) is 4.79 Å². The van der Waals surface area contributed by atoms with Crippen LogP contribution in [0, 0.1) is 5.82 Å². The molecule has 1 aliphatic heterocycles. The number of ether oxygens (including phenoxy) is 2. The average molecular weight is 407 g/mol. The number of halogens is 1. The van der Waals surface area contributed by atoms with E-state index >= 15 is 0 Å². The zero-order valence-electron chi connectivity index (χ0n) is 14.4. The van der Waals surface area contributed by atoms with Gasteiger partial charge in [-0.15, -0.1) is 23.5 Å². The zero-order valence-corrected chi connectivity index (χ0v) is 16.0. The Labute approximate surface area is 165 Å². The molecular formula is C19H18FNO4S2. The first kappa shape index (κ1) is 19.6. The van der Waals surface area contributed by atoms with Crippen molar-refractivity contribution in [3.8, 4) is 5.75 Å². The Balaban J connectivity index is 1.44. The molecule has 1 fully saturated rings. The number of rotatable bonds is 7. The summed E-state index contributed by atoms with van der Waals surface area (Å²) in [6.45, 7) is -0.710. The quantitative estimate of drug-likeness (QED) is 0.703. The Morgan fingerprint density at radius 3 is 2.48 bits per heavy atom. The molecule has 3 rings (SSSR count). The minimum Gasteiger partial charge on any atom is -0.482 e. The third-order valence-corrected chi connectivity index (χ3v) is 6.70. The van der Waals surface area contributed by atoms with Crippen molar-refractivity contribution < 1.29 is 23.5 Å². The first-order valence-electron chi connectivity index (χ1n) is 8.28. The van der Waals surface area contributed by atoms with Crippen LogP contribution < -0.4 is 10.1 Å². The molecular weight excluding hydrogens is 389 g/mol. The highest BCUT2D eigenvalue weighted by atomic mass is 32.2. The van der Waals surface area contributed by atoms with E-state index in [2.05, 4.69) is 5.32 Å². The summed E-state index contributed by atoms with van der Waals surface area (Å²) in [6, 6.07) is 12.9. The van der Waals surface area contributed by atoms with Gasteiger partial charge >= 0.3 is 5.97 Å². The number of carbonyl (C=O) groups is 2. The second-order valence-electron chi connectivity index (χ2n) is 5.62. The van der Waals surface area contributed by atoms with Gasteiger partial charge in [0.2, 0.25) is 0 Å². The summed E-state index contributed by atoms with van der Waals surface area (Å²) in [5, 5.41) is 2.52. The smallest absolute Gasteiger partial charge is 0.344 e. The van der Waals surface area contributed by atoms with Crippen molar-refractivity contribution in [1.82, 2.24) is 0 Å². The van der Waals surface area contributed by atoms with E-state index in [1.165, 1.54) is 24.3 Å². The molecule has 2 aromatic carbocycles. The van der Waals surface area contributed by atoms with Crippen LogP contribution in [-0.4, -0.2) is 36.6 Å². The number of amides is 1. The molecule has 27 heavy (non-hydrogen) atoms. The molecule has 8 heteroatoms. The van der Waals surface area contributed by atoms with Gasteiger partial charge in [-0.2, -0.15) is 0 Å². The fraction of sp³-hybridized carbons (Fsp3) is 0.263. The van der Waals surface area contributed by atoms with E-state index in [1.807, 2.05) is 47.8 Å². The predicted molar refractivity (Wildman–Crippen MR) is 106 cm³/mol. The van der Waals surface area contributed by atoms with Crippen LogP contribution in [0.3, 0.4) is 0 Å². The van der Waals surface area contributed by atoms with Gasteiger partial charge in [0, 0.05) is 22.8 Å². The zero-order chi connectivity index (χ0) is 19.1. The third kappa shape index (κ3) is 5.90. The molecule has 0 aromatic heterocycles. The fourth-order valence-electron chi connectivity index (χ4n) is 2.40. The first-order chi connectivity index (χ1) is 13.1. The second kappa shape index (κ2) is 9.66. The number of nitrogens with one attached hydrogen (secondary N) is 1. The Morgan fingerprint density at radius 2 is 1.74 bits per heavy atom. The van der Waals surface area contributed by atoms with Crippen molar-refractivity contribution in [2.75, 3.05) is 30.0 Å². The summed E-state index contributed by atoms with van der Waals surface area (Å²) in [4.78, 5) is 23.6. The maximum Gasteiger partial charge on any atom is 0.344 e. The maximum absolute atomic E-state index is 12.8. The standard InChI is InChI=1S/C19H18FNO4S2/c20-13-5-7-14(8-6-13)21-17(22)11-25-18(23)12-24-16-4-2-1-3-15(16)19-26-9-10-27-19/h1-8,19H,9-12H2,(H,21,22). The Kier molecular flexibility index (Phi) is 7.00. The maximum atomic E-state index is 12.8. The lowest BCUT2D eigenvalue weighted by Crippen LogP contribution is -2.23. The summed E-state index contributed by atoms with van der Waals surface area (Å²) >= 11 is 3.70. The molecule has 5 nitrogen and oxygen atoms in total. The molecule has 1 aliphatic rings. The number of thioether (sulfide) groups is 2. The van der Waals surface area contributed by atoms with Gasteiger partial charge in [-0.1, -0.05) is 18.2 Å². The molecule has 1 saturated heterocycles. The van der Waals surface area contributed by atoms with Crippen LogP contribution in [0.5, 0.6) is 5.75 Å². The number of hydrogen-bond donors (Lipinski definition) is 1. The third-order valence-electron chi connectivity index (χ3n) is 3.63. The van der Waals surface area contributed by atoms with Gasteiger partial charge in [-0.25, -0.2) is 9.18 Å². The van der Waals surface area contributed by atoms with Crippen LogP contribution in [0.2, 0.25) is 0 Å². The average Bonchev–Trinajstić information content (AvgIpc) is 3.21. The van der Waals surface area contributed by atoms with E-state index in [4.69, 9.17) is 9.47 Å². The van der Waals surface area contributed by atoms with Gasteiger partial charge in [-0.05, 0) is 30.3 Å². The molecule has 2 aromatic rings. The predicted octanol–water partition coefficient (Wildman–Crippen LogP) is 3.87. The first-order valence-corrected chi connectivity index (χ1v) is 10.4. The molecule has 1 heterocycles. The molecule has 0 unspecified atom stereocenters. The lowest BCUT2D eigenvalue weighted by Gasteiger charge is -2.14. The SMILES string of the molecule is O=C(COC(=O)COc1ccccc1C1SCCS1)Nc1ccc(F)cc1. The van der Waals surface area contributed by atoms with Crippen LogP contribution in [0.4, 0.5) is 10.1 Å². The summed E-state index contributed by atoms with van der Waals surface area (Å²) < 4.78 is 23.7. The number of para-hydroxylation sites is 1. The van der Waals surface area contributed by atoms with Crippen LogP contribution in [0.25, 0.3) is 0 Å². The molecule has 0 atom stereocenters. The largest absolute Gasteiger partial charge is 0.482 e. The van der Waals surface area contributed by atoms with Gasteiger partial charge in [0.1, 0.15) is 11.6 Å². The van der Waals surface area contributed by atoms with E-state index in [-0.39, 0.29) is 6.61 Å². The Bertz CT molecular complexity index is 795. The number of benzene rings is 2. The molecule has 1 N–H and O–H groups in total. The van der Waals surface area contributed by atoms with Gasteiger partial charge in [0.05, 0.1) is 4.58 Å². The molecule has 0 aliphatic carbocycles. The van der Waals surface area contributed by atoms with E-state index in [9.17, 15) is 14.0 Å². The number of esters is 1. The van der Waals surface area contributed by atoms with Crippen molar-refractivity contribution in [2.24, 2.45) is 0 Å². The van der Waals surface area contributed by atoms with Crippen molar-refractivity contribution in [3.05, 3.63) is 59.9 Å². The van der Waals surface area contributed by atoms with Gasteiger partial charge in [0.25, 0.3) is 5.91 Å². The van der Waals surface area contributed by atoms with Crippen LogP contribution in [0.1, 0.15) is 10.1 Å². The lowest BCUT2D eigenvalue weighted by atomic mass is 10.2. The highest BCUT2D eigenvalue weighted by Crippen LogP contribution is 2.48. The van der Waals surface area contributed by atoms with E-state index in [0.29, 0.717) is 16.0 Å². The fourth-order valence-corrected chi connectivity index (χ4v) is 5.31. The van der Waals surface area contributed by atoms with Crippen LogP contribution >= 0.6 is 23.5 Å². The number of anilines is 1. The Hall–Kier alpha value is -2.19. The van der Waals surface area contributed by atoms with Crippen LogP contribution in [-0.2, 0) is 14.3 Å². The summed E-state index contributed by atoms with van der Waals surface area (Å²) in [5.41, 5.74) is 1.47. The second-order valence-corrected chi connectivity index (χ2v) is 8.34. The molecule has 0 saturated carbocycles. The highest BCUT2D eigenvalue weighted by Gasteiger charge is 2.22. The minimum absolute atomic E-state index is 0.275. The van der Waals surface area contributed by atoms with Crippen LogP contribution in [0.15, 0.2) is 48.5 Å². The molecule has 0 radical (unpaired) electrons. The van der Waals surface area contributed by atoms with Crippen molar-refractivity contribution in [1.29, 1.82) is 0 Å². The van der Waals surface area contributed by atoms with E-state index in [1.54, 1.807) is 0 Å². The van der Waals surface area contributed by atoms with Crippen molar-refractivity contribution in [2.45, 2.75) is 4.58 Å². The Morgan fingerprint density at radius 1 is 1.04 bits per heavy atom. The molecule has 142 valence electrons. The summed E-state index contributed by atoms with van der Waals surface area (Å²) in [7, 11) is 0. The van der Waals surface area contributed by atoms with E-state index in [0.717, 1.165) is 17.1 Å². The van der Waals surface area contributed by atoms with Crippen molar-refractivity contribution in [3.63, 3.8) is 0 Å². The van der Waals surface area contributed by atoms with Gasteiger partial charge < -0.3 is 14.8 Å².